The molecule has 0 heterocycles. The second-order valence-electron chi connectivity index (χ2n) is 1.97. The number of aliphatic imine (C=N–C) groups is 1. The molecule has 0 unspecified atom stereocenters. The molecule has 0 saturated heterocycles. The Bertz CT molecular complexity index is 311. The third kappa shape index (κ3) is 1.84. The Morgan fingerprint density at radius 1 is 1.45 bits per heavy atom. The molecule has 0 bridgehead atoms. The van der Waals surface area contributed by atoms with E-state index in [4.69, 9.17) is 0 Å². The first-order valence-corrected chi connectivity index (χ1v) is 3.58. The van der Waals surface area contributed by atoms with Gasteiger partial charge in [0.15, 0.2) is 0 Å². The summed E-state index contributed by atoms with van der Waals surface area (Å²) in [7, 11) is 0. The normalized spacial score (nSPS) is 8.36. The minimum Gasteiger partial charge on any atom is -0.194 e. The standard InChI is InChI=1S/C9H7NS/c1-2-8-5-3-4-6-9(8)10-7-11/h2-6H,1H2. The van der Waals surface area contributed by atoms with Gasteiger partial charge in [0.25, 0.3) is 0 Å². The van der Waals surface area contributed by atoms with Gasteiger partial charge in [0, 0.05) is 5.56 Å². The summed E-state index contributed by atoms with van der Waals surface area (Å²) in [6, 6.07) is 7.63. The van der Waals surface area contributed by atoms with Crippen LogP contribution >= 0.6 is 12.2 Å². The van der Waals surface area contributed by atoms with E-state index in [2.05, 4.69) is 29.0 Å². The van der Waals surface area contributed by atoms with Crippen molar-refractivity contribution >= 4 is 29.1 Å². The van der Waals surface area contributed by atoms with Crippen LogP contribution in [0.3, 0.4) is 0 Å². The van der Waals surface area contributed by atoms with Crippen LogP contribution in [0.2, 0.25) is 0 Å². The average molecular weight is 161 g/mol. The van der Waals surface area contributed by atoms with Crippen molar-refractivity contribution in [1.82, 2.24) is 0 Å². The molecule has 0 atom stereocenters. The molecule has 1 rings (SSSR count). The van der Waals surface area contributed by atoms with Crippen LogP contribution in [0.1, 0.15) is 5.56 Å². The van der Waals surface area contributed by atoms with Gasteiger partial charge in [-0.1, -0.05) is 30.9 Å². The van der Waals surface area contributed by atoms with Crippen LogP contribution < -0.4 is 0 Å². The lowest BCUT2D eigenvalue weighted by molar-refractivity contribution is 1.52. The fourth-order valence-electron chi connectivity index (χ4n) is 0.811. The minimum atomic E-state index is 0.817. The number of nitrogens with zero attached hydrogens (tertiary/aromatic N) is 1. The van der Waals surface area contributed by atoms with E-state index in [-0.39, 0.29) is 0 Å². The number of hydrogen-bond donors (Lipinski definition) is 0. The van der Waals surface area contributed by atoms with Crippen LogP contribution in [0.4, 0.5) is 5.69 Å². The van der Waals surface area contributed by atoms with Gasteiger partial charge in [0.1, 0.15) is 0 Å². The largest absolute Gasteiger partial charge is 0.194 e. The average Bonchev–Trinajstić information content (AvgIpc) is 2.06. The first kappa shape index (κ1) is 7.86. The first-order chi connectivity index (χ1) is 5.38. The molecule has 0 N–H and O–H groups in total. The van der Waals surface area contributed by atoms with Gasteiger partial charge in [0.05, 0.1) is 10.8 Å². The van der Waals surface area contributed by atoms with Gasteiger partial charge in [-0.2, -0.15) is 4.99 Å². The van der Waals surface area contributed by atoms with Crippen LogP contribution in [0.15, 0.2) is 35.8 Å². The molecule has 0 radical (unpaired) electrons. The van der Waals surface area contributed by atoms with Gasteiger partial charge in [-0.25, -0.2) is 0 Å². The molecular weight excluding hydrogens is 154 g/mol. The van der Waals surface area contributed by atoms with Crippen molar-refractivity contribution in [2.45, 2.75) is 0 Å². The lowest BCUT2D eigenvalue weighted by Gasteiger charge is -1.95. The zero-order valence-electron chi connectivity index (χ0n) is 5.95. The Hall–Kier alpha value is -1.24. The predicted octanol–water partition coefficient (Wildman–Crippen LogP) is 3.06. The summed E-state index contributed by atoms with van der Waals surface area (Å²) < 4.78 is 0. The Morgan fingerprint density at radius 3 is 2.82 bits per heavy atom. The van der Waals surface area contributed by atoms with Gasteiger partial charge < -0.3 is 0 Å². The lowest BCUT2D eigenvalue weighted by atomic mass is 10.2. The van der Waals surface area contributed by atoms with Crippen LogP contribution in [-0.4, -0.2) is 5.16 Å². The van der Waals surface area contributed by atoms with E-state index < -0.39 is 0 Å². The maximum Gasteiger partial charge on any atom is 0.0811 e. The first-order valence-electron chi connectivity index (χ1n) is 3.18. The van der Waals surface area contributed by atoms with Gasteiger partial charge in [-0.15, -0.1) is 0 Å². The van der Waals surface area contributed by atoms with E-state index in [9.17, 15) is 0 Å². The highest BCUT2D eigenvalue weighted by Crippen LogP contribution is 2.18. The highest BCUT2D eigenvalue weighted by molar-refractivity contribution is 7.78. The summed E-state index contributed by atoms with van der Waals surface area (Å²) in [5.41, 5.74) is 1.79. The molecule has 54 valence electrons. The maximum atomic E-state index is 4.49. The zero-order valence-corrected chi connectivity index (χ0v) is 6.77. The third-order valence-electron chi connectivity index (χ3n) is 1.32. The third-order valence-corrected chi connectivity index (χ3v) is 1.41. The van der Waals surface area contributed by atoms with Crippen LogP contribution in [0.25, 0.3) is 6.08 Å². The fraction of sp³-hybridized carbons (Fsp3) is 0. The van der Waals surface area contributed by atoms with Gasteiger partial charge in [-0.3, -0.25) is 0 Å². The molecule has 1 nitrogen and oxygen atoms in total. The van der Waals surface area contributed by atoms with E-state index in [1.54, 1.807) is 6.08 Å². The Morgan fingerprint density at radius 2 is 2.18 bits per heavy atom. The smallest absolute Gasteiger partial charge is 0.0811 e. The second kappa shape index (κ2) is 3.81. The van der Waals surface area contributed by atoms with Crippen molar-refractivity contribution < 1.29 is 0 Å². The van der Waals surface area contributed by atoms with Gasteiger partial charge in [0.2, 0.25) is 0 Å². The molecule has 0 amide bonds. The molecule has 0 spiro atoms. The second-order valence-corrected chi connectivity index (χ2v) is 2.15. The van der Waals surface area contributed by atoms with Crippen LogP contribution in [0.5, 0.6) is 0 Å². The molecule has 2 heteroatoms. The molecule has 0 aromatic heterocycles. The number of para-hydroxylation sites is 1. The molecule has 0 saturated carbocycles. The van der Waals surface area contributed by atoms with Crippen molar-refractivity contribution in [3.05, 3.63) is 36.4 Å². The summed E-state index contributed by atoms with van der Waals surface area (Å²) in [6.07, 6.45) is 1.74. The summed E-state index contributed by atoms with van der Waals surface area (Å²) >= 11 is 4.49. The quantitative estimate of drug-likeness (QED) is 0.479. The molecule has 1 aromatic carbocycles. The van der Waals surface area contributed by atoms with Crippen molar-refractivity contribution in [3.63, 3.8) is 0 Å². The summed E-state index contributed by atoms with van der Waals surface area (Å²) in [5.74, 6) is 0. The predicted molar refractivity (Wildman–Crippen MR) is 51.2 cm³/mol. The number of rotatable bonds is 2. The maximum absolute atomic E-state index is 4.49. The van der Waals surface area contributed by atoms with E-state index in [1.807, 2.05) is 24.3 Å². The molecule has 0 aliphatic rings. The lowest BCUT2D eigenvalue weighted by Crippen LogP contribution is -1.70. The van der Waals surface area contributed by atoms with Crippen molar-refractivity contribution in [2.75, 3.05) is 0 Å². The van der Waals surface area contributed by atoms with Crippen molar-refractivity contribution in [2.24, 2.45) is 4.99 Å². The number of benzene rings is 1. The minimum absolute atomic E-state index is 0.817. The fourth-order valence-corrected chi connectivity index (χ4v) is 0.909. The molecule has 0 fully saturated rings. The van der Waals surface area contributed by atoms with Crippen molar-refractivity contribution in [3.8, 4) is 0 Å². The summed E-state index contributed by atoms with van der Waals surface area (Å²) in [4.78, 5) is 3.87. The van der Waals surface area contributed by atoms with Gasteiger partial charge >= 0.3 is 0 Å². The Balaban J connectivity index is 3.21. The molecule has 1 aromatic rings. The molecule has 11 heavy (non-hydrogen) atoms. The Kier molecular flexibility index (Phi) is 2.73. The van der Waals surface area contributed by atoms with E-state index in [1.165, 1.54) is 0 Å². The zero-order chi connectivity index (χ0) is 8.10. The van der Waals surface area contributed by atoms with Gasteiger partial charge in [-0.05, 0) is 18.3 Å². The monoisotopic (exact) mass is 161 g/mol. The van der Waals surface area contributed by atoms with Crippen molar-refractivity contribution in [1.29, 1.82) is 0 Å². The van der Waals surface area contributed by atoms with E-state index in [0.717, 1.165) is 11.3 Å². The summed E-state index contributed by atoms with van der Waals surface area (Å²) in [5, 5.41) is 2.32. The van der Waals surface area contributed by atoms with Crippen LogP contribution in [-0.2, 0) is 0 Å². The highest BCUT2D eigenvalue weighted by atomic mass is 32.1. The SMILES string of the molecule is C=Cc1ccccc1N=C=S. The molecular formula is C9H7NS. The molecule has 0 aliphatic carbocycles. The summed E-state index contributed by atoms with van der Waals surface area (Å²) in [6.45, 7) is 3.65. The highest BCUT2D eigenvalue weighted by Gasteiger charge is 1.92. The topological polar surface area (TPSA) is 12.4 Å². The number of isothiocyanates is 1. The number of hydrogen-bond acceptors (Lipinski definition) is 2. The molecule has 0 aliphatic heterocycles. The number of thiocarbonyl (C=S) groups is 1. The van der Waals surface area contributed by atoms with Crippen LogP contribution in [0, 0.1) is 0 Å². The van der Waals surface area contributed by atoms with E-state index >= 15 is 0 Å². The van der Waals surface area contributed by atoms with E-state index in [0.29, 0.717) is 0 Å². The Labute approximate surface area is 71.1 Å².